The summed E-state index contributed by atoms with van der Waals surface area (Å²) in [4.78, 5) is 13.7. The molecule has 2 atom stereocenters. The third-order valence-corrected chi connectivity index (χ3v) is 4.84. The molecule has 0 aliphatic carbocycles. The third kappa shape index (κ3) is 3.61. The van der Waals surface area contributed by atoms with Gasteiger partial charge >= 0.3 is 5.97 Å². The first-order chi connectivity index (χ1) is 9.40. The highest BCUT2D eigenvalue weighted by Crippen LogP contribution is 2.31. The molecule has 1 aromatic rings. The average molecular weight is 340 g/mol. The summed E-state index contributed by atoms with van der Waals surface area (Å²) in [6.45, 7) is 5.71. The lowest BCUT2D eigenvalue weighted by Crippen LogP contribution is -2.49. The Morgan fingerprint density at radius 1 is 1.45 bits per heavy atom. The van der Waals surface area contributed by atoms with Crippen molar-refractivity contribution in [1.82, 2.24) is 4.90 Å². The van der Waals surface area contributed by atoms with Crippen molar-refractivity contribution in [2.24, 2.45) is 5.41 Å². The highest BCUT2D eigenvalue weighted by Gasteiger charge is 2.38. The molecule has 4 heteroatoms. The van der Waals surface area contributed by atoms with Crippen molar-refractivity contribution in [3.05, 3.63) is 34.3 Å². The number of carboxylic acid groups (broad SMARTS) is 1. The van der Waals surface area contributed by atoms with Crippen LogP contribution in [0, 0.1) is 5.41 Å². The normalized spacial score (nSPS) is 25.4. The zero-order chi connectivity index (χ0) is 14.8. The summed E-state index contributed by atoms with van der Waals surface area (Å²) < 4.78 is 1.09. The molecule has 0 bridgehead atoms. The van der Waals surface area contributed by atoms with E-state index in [1.165, 1.54) is 5.56 Å². The van der Waals surface area contributed by atoms with Crippen molar-refractivity contribution < 1.29 is 9.90 Å². The zero-order valence-corrected chi connectivity index (χ0v) is 13.7. The van der Waals surface area contributed by atoms with Crippen molar-refractivity contribution in [2.45, 2.75) is 39.2 Å². The van der Waals surface area contributed by atoms with Crippen molar-refractivity contribution in [3.63, 3.8) is 0 Å². The minimum Gasteiger partial charge on any atom is -0.481 e. The van der Waals surface area contributed by atoms with Crippen LogP contribution in [0.15, 0.2) is 28.7 Å². The monoisotopic (exact) mass is 339 g/mol. The second-order valence-electron chi connectivity index (χ2n) is 6.12. The fourth-order valence-corrected chi connectivity index (χ4v) is 3.18. The largest absolute Gasteiger partial charge is 0.481 e. The van der Waals surface area contributed by atoms with Crippen LogP contribution in [0.1, 0.15) is 32.3 Å². The number of halogens is 1. The van der Waals surface area contributed by atoms with Crippen LogP contribution in [-0.4, -0.2) is 35.1 Å². The van der Waals surface area contributed by atoms with Crippen LogP contribution in [0.5, 0.6) is 0 Å². The minimum atomic E-state index is -0.668. The maximum Gasteiger partial charge on any atom is 0.310 e. The van der Waals surface area contributed by atoms with E-state index >= 15 is 0 Å². The molecular weight excluding hydrogens is 318 g/mol. The van der Waals surface area contributed by atoms with Gasteiger partial charge in [0.1, 0.15) is 0 Å². The molecule has 1 saturated heterocycles. The van der Waals surface area contributed by atoms with Gasteiger partial charge in [0.05, 0.1) is 5.41 Å². The van der Waals surface area contributed by atoms with Gasteiger partial charge in [0, 0.05) is 17.1 Å². The molecule has 0 saturated carbocycles. The Kier molecular flexibility index (Phi) is 4.86. The first-order valence-electron chi connectivity index (χ1n) is 7.12. The van der Waals surface area contributed by atoms with E-state index in [4.69, 9.17) is 0 Å². The van der Waals surface area contributed by atoms with Crippen LogP contribution >= 0.6 is 15.9 Å². The number of benzene rings is 1. The van der Waals surface area contributed by atoms with Gasteiger partial charge in [0.15, 0.2) is 0 Å². The quantitative estimate of drug-likeness (QED) is 0.911. The van der Waals surface area contributed by atoms with E-state index in [9.17, 15) is 9.90 Å². The number of likely N-dealkylation sites (tertiary alicyclic amines) is 1. The molecule has 0 radical (unpaired) electrons. The first-order valence-corrected chi connectivity index (χ1v) is 7.92. The van der Waals surface area contributed by atoms with Crippen LogP contribution < -0.4 is 0 Å². The van der Waals surface area contributed by atoms with E-state index in [1.807, 2.05) is 6.92 Å². The maximum absolute atomic E-state index is 11.4. The van der Waals surface area contributed by atoms with Gasteiger partial charge in [-0.05, 0) is 57.4 Å². The average Bonchev–Trinajstić information content (AvgIpc) is 2.41. The molecule has 110 valence electrons. The summed E-state index contributed by atoms with van der Waals surface area (Å²) in [7, 11) is 0. The predicted octanol–water partition coefficient (Wildman–Crippen LogP) is 3.57. The molecule has 0 spiro atoms. The van der Waals surface area contributed by atoms with E-state index < -0.39 is 11.4 Å². The van der Waals surface area contributed by atoms with Gasteiger partial charge in [-0.15, -0.1) is 0 Å². The number of carbonyl (C=O) groups is 1. The smallest absolute Gasteiger partial charge is 0.310 e. The van der Waals surface area contributed by atoms with Crippen LogP contribution in [0.3, 0.4) is 0 Å². The van der Waals surface area contributed by atoms with Crippen LogP contribution in [-0.2, 0) is 11.2 Å². The van der Waals surface area contributed by atoms with Crippen molar-refractivity contribution in [3.8, 4) is 0 Å². The summed E-state index contributed by atoms with van der Waals surface area (Å²) in [6.07, 6.45) is 2.71. The summed E-state index contributed by atoms with van der Waals surface area (Å²) >= 11 is 3.44. The van der Waals surface area contributed by atoms with Crippen molar-refractivity contribution in [2.75, 3.05) is 13.1 Å². The molecule has 2 rings (SSSR count). The molecule has 1 aliphatic rings. The van der Waals surface area contributed by atoms with E-state index in [2.05, 4.69) is 52.0 Å². The van der Waals surface area contributed by atoms with E-state index in [-0.39, 0.29) is 0 Å². The molecule has 1 fully saturated rings. The summed E-state index contributed by atoms with van der Waals surface area (Å²) in [5.74, 6) is -0.668. The standard InChI is InChI=1S/C16H22BrNO2/c1-12(10-13-4-6-14(17)7-5-13)18-9-3-8-16(2,11-18)15(19)20/h4-7,12H,3,8-11H2,1-2H3,(H,19,20). The molecule has 2 unspecified atom stereocenters. The molecule has 1 aliphatic heterocycles. The van der Waals surface area contributed by atoms with Gasteiger partial charge in [-0.3, -0.25) is 9.69 Å². The molecule has 3 nitrogen and oxygen atoms in total. The Balaban J connectivity index is 2.00. The summed E-state index contributed by atoms with van der Waals surface area (Å²) in [5.41, 5.74) is 0.704. The minimum absolute atomic E-state index is 0.371. The Morgan fingerprint density at radius 2 is 2.10 bits per heavy atom. The number of piperidine rings is 1. The molecule has 1 N–H and O–H groups in total. The van der Waals surface area contributed by atoms with Gasteiger partial charge in [-0.2, -0.15) is 0 Å². The predicted molar refractivity (Wildman–Crippen MR) is 83.9 cm³/mol. The van der Waals surface area contributed by atoms with Gasteiger partial charge in [-0.1, -0.05) is 28.1 Å². The second kappa shape index (κ2) is 6.27. The highest BCUT2D eigenvalue weighted by molar-refractivity contribution is 9.10. The number of rotatable bonds is 4. The van der Waals surface area contributed by atoms with Gasteiger partial charge in [0.2, 0.25) is 0 Å². The summed E-state index contributed by atoms with van der Waals surface area (Å²) in [6, 6.07) is 8.73. The molecule has 1 heterocycles. The molecule has 20 heavy (non-hydrogen) atoms. The van der Waals surface area contributed by atoms with Crippen LogP contribution in [0.2, 0.25) is 0 Å². The third-order valence-electron chi connectivity index (χ3n) is 4.31. The Hall–Kier alpha value is -0.870. The number of aliphatic carboxylic acids is 1. The molecular formula is C16H22BrNO2. The number of nitrogens with zero attached hydrogens (tertiary/aromatic N) is 1. The van der Waals surface area contributed by atoms with Gasteiger partial charge in [0.25, 0.3) is 0 Å². The lowest BCUT2D eigenvalue weighted by atomic mass is 9.81. The Labute approximate surface area is 129 Å². The second-order valence-corrected chi connectivity index (χ2v) is 7.04. The molecule has 1 aromatic carbocycles. The van der Waals surface area contributed by atoms with Crippen LogP contribution in [0.25, 0.3) is 0 Å². The van der Waals surface area contributed by atoms with Crippen molar-refractivity contribution >= 4 is 21.9 Å². The van der Waals surface area contributed by atoms with Gasteiger partial charge in [-0.25, -0.2) is 0 Å². The van der Waals surface area contributed by atoms with Crippen molar-refractivity contribution in [1.29, 1.82) is 0 Å². The number of carboxylic acids is 1. The highest BCUT2D eigenvalue weighted by atomic mass is 79.9. The van der Waals surface area contributed by atoms with E-state index in [0.29, 0.717) is 12.6 Å². The van der Waals surface area contributed by atoms with E-state index in [0.717, 1.165) is 30.3 Å². The topological polar surface area (TPSA) is 40.5 Å². The Bertz CT molecular complexity index is 474. The van der Waals surface area contributed by atoms with Gasteiger partial charge < -0.3 is 5.11 Å². The Morgan fingerprint density at radius 3 is 2.70 bits per heavy atom. The first kappa shape index (κ1) is 15.5. The van der Waals surface area contributed by atoms with Crippen LogP contribution in [0.4, 0.5) is 0 Å². The molecule has 0 aromatic heterocycles. The SMILES string of the molecule is CC(Cc1ccc(Br)cc1)N1CCCC(C)(C(=O)O)C1. The zero-order valence-electron chi connectivity index (χ0n) is 12.1. The summed E-state index contributed by atoms with van der Waals surface area (Å²) in [5, 5.41) is 9.39. The maximum atomic E-state index is 11.4. The van der Waals surface area contributed by atoms with E-state index in [1.54, 1.807) is 0 Å². The fourth-order valence-electron chi connectivity index (χ4n) is 2.92. The lowest BCUT2D eigenvalue weighted by molar-refractivity contribution is -0.151. The number of hydrogen-bond donors (Lipinski definition) is 1. The fraction of sp³-hybridized carbons (Fsp3) is 0.562. The lowest BCUT2D eigenvalue weighted by Gasteiger charge is -2.40. The number of hydrogen-bond acceptors (Lipinski definition) is 2. The molecule has 0 amide bonds.